The van der Waals surface area contributed by atoms with Gasteiger partial charge in [-0.25, -0.2) is 0 Å². The van der Waals surface area contributed by atoms with Crippen LogP contribution in [-0.4, -0.2) is 28.8 Å². The minimum Gasteiger partial charge on any atom is -0.389 e. The molecule has 100 valence electrons. The molecule has 0 aromatic carbocycles. The third-order valence-electron chi connectivity index (χ3n) is 4.69. The van der Waals surface area contributed by atoms with Crippen LogP contribution in [-0.2, 0) is 0 Å². The fourth-order valence-electron chi connectivity index (χ4n) is 3.52. The predicted molar refractivity (Wildman–Crippen MR) is 72.7 cm³/mol. The van der Waals surface area contributed by atoms with Gasteiger partial charge in [0.2, 0.25) is 0 Å². The molecule has 2 fully saturated rings. The largest absolute Gasteiger partial charge is 0.389 e. The molecule has 0 amide bonds. The highest BCUT2D eigenvalue weighted by Crippen LogP contribution is 2.41. The van der Waals surface area contributed by atoms with Crippen LogP contribution in [0.25, 0.3) is 0 Å². The summed E-state index contributed by atoms with van der Waals surface area (Å²) in [5.41, 5.74) is 1.12. The lowest BCUT2D eigenvalue weighted by atomic mass is 9.71. The Hall–Kier alpha value is -1.60. The second-order valence-corrected chi connectivity index (χ2v) is 5.75. The zero-order chi connectivity index (χ0) is 13.3. The maximum absolute atomic E-state index is 10.7. The highest BCUT2D eigenvalue weighted by molar-refractivity contribution is 5.58. The summed E-state index contributed by atoms with van der Waals surface area (Å²) < 4.78 is 0. The molecule has 3 rings (SSSR count). The van der Waals surface area contributed by atoms with Gasteiger partial charge in [-0.3, -0.25) is 4.98 Å². The van der Waals surface area contributed by atoms with Gasteiger partial charge >= 0.3 is 0 Å². The zero-order valence-corrected chi connectivity index (χ0v) is 11.0. The third-order valence-corrected chi connectivity index (χ3v) is 4.69. The smallest absolute Gasteiger partial charge is 0.101 e. The van der Waals surface area contributed by atoms with E-state index in [0.717, 1.165) is 44.5 Å². The number of rotatable bonds is 1. The molecule has 1 aliphatic carbocycles. The van der Waals surface area contributed by atoms with E-state index in [4.69, 9.17) is 0 Å². The van der Waals surface area contributed by atoms with E-state index in [2.05, 4.69) is 16.0 Å². The number of aromatic nitrogens is 1. The average molecular weight is 257 g/mol. The van der Waals surface area contributed by atoms with Gasteiger partial charge in [-0.1, -0.05) is 12.8 Å². The summed E-state index contributed by atoms with van der Waals surface area (Å²) in [5.74, 6) is 0.335. The molecule has 1 aliphatic heterocycles. The number of piperidine rings is 1. The van der Waals surface area contributed by atoms with Gasteiger partial charge in [0.15, 0.2) is 0 Å². The number of nitriles is 1. The first-order valence-corrected chi connectivity index (χ1v) is 7.04. The normalized spacial score (nSPS) is 30.5. The van der Waals surface area contributed by atoms with E-state index >= 15 is 0 Å². The molecule has 2 heterocycles. The maximum Gasteiger partial charge on any atom is 0.101 e. The fourth-order valence-corrected chi connectivity index (χ4v) is 3.52. The minimum absolute atomic E-state index is 0.335. The quantitative estimate of drug-likeness (QED) is 0.836. The van der Waals surface area contributed by atoms with Crippen LogP contribution in [0, 0.1) is 17.2 Å². The van der Waals surface area contributed by atoms with Crippen molar-refractivity contribution in [2.75, 3.05) is 18.0 Å². The molecule has 19 heavy (non-hydrogen) atoms. The minimum atomic E-state index is -0.468. The molecule has 2 atom stereocenters. The first-order valence-electron chi connectivity index (χ1n) is 7.04. The van der Waals surface area contributed by atoms with E-state index in [1.54, 1.807) is 18.5 Å². The first-order chi connectivity index (χ1) is 9.23. The monoisotopic (exact) mass is 257 g/mol. The molecule has 0 spiro atoms. The van der Waals surface area contributed by atoms with Gasteiger partial charge in [0.1, 0.15) is 6.07 Å². The predicted octanol–water partition coefficient (Wildman–Crippen LogP) is 2.08. The van der Waals surface area contributed by atoms with Crippen LogP contribution < -0.4 is 4.90 Å². The van der Waals surface area contributed by atoms with Crippen molar-refractivity contribution >= 4 is 5.69 Å². The van der Waals surface area contributed by atoms with Crippen LogP contribution in [0.4, 0.5) is 5.69 Å². The van der Waals surface area contributed by atoms with Crippen molar-refractivity contribution in [3.05, 3.63) is 24.0 Å². The Morgan fingerprint density at radius 2 is 2.32 bits per heavy atom. The number of anilines is 1. The van der Waals surface area contributed by atoms with Crippen molar-refractivity contribution in [1.82, 2.24) is 4.98 Å². The summed E-state index contributed by atoms with van der Waals surface area (Å²) in [5, 5.41) is 19.9. The van der Waals surface area contributed by atoms with Crippen LogP contribution >= 0.6 is 0 Å². The van der Waals surface area contributed by atoms with Gasteiger partial charge in [0, 0.05) is 25.2 Å². The van der Waals surface area contributed by atoms with Gasteiger partial charge in [0.25, 0.3) is 0 Å². The molecular weight excluding hydrogens is 238 g/mol. The van der Waals surface area contributed by atoms with Gasteiger partial charge in [-0.05, 0) is 25.3 Å². The summed E-state index contributed by atoms with van der Waals surface area (Å²) in [4.78, 5) is 6.35. The van der Waals surface area contributed by atoms with Crippen LogP contribution in [0.5, 0.6) is 0 Å². The number of hydrogen-bond acceptors (Lipinski definition) is 4. The Morgan fingerprint density at radius 3 is 3.16 bits per heavy atom. The summed E-state index contributed by atoms with van der Waals surface area (Å²) in [7, 11) is 0. The Balaban J connectivity index is 1.83. The van der Waals surface area contributed by atoms with E-state index in [-0.39, 0.29) is 0 Å². The van der Waals surface area contributed by atoms with Gasteiger partial charge in [0.05, 0.1) is 23.0 Å². The third kappa shape index (κ3) is 2.19. The molecule has 1 aromatic rings. The number of pyridine rings is 1. The summed E-state index contributed by atoms with van der Waals surface area (Å²) >= 11 is 0. The van der Waals surface area contributed by atoms with Gasteiger partial charge < -0.3 is 10.0 Å². The lowest BCUT2D eigenvalue weighted by Gasteiger charge is -2.48. The SMILES string of the molecule is N#Cc1ccncc1N1CCC2(O)CCCCC2C1. The van der Waals surface area contributed by atoms with E-state index < -0.39 is 5.60 Å². The molecule has 4 nitrogen and oxygen atoms in total. The Kier molecular flexibility index (Phi) is 3.16. The lowest BCUT2D eigenvalue weighted by molar-refractivity contribution is -0.0612. The number of fused-ring (bicyclic) bond motifs is 1. The topological polar surface area (TPSA) is 60.2 Å². The average Bonchev–Trinajstić information content (AvgIpc) is 2.46. The second kappa shape index (κ2) is 4.82. The second-order valence-electron chi connectivity index (χ2n) is 5.75. The molecule has 1 N–H and O–H groups in total. The van der Waals surface area contributed by atoms with Crippen molar-refractivity contribution < 1.29 is 5.11 Å². The molecule has 0 radical (unpaired) electrons. The Labute approximate surface area is 113 Å². The van der Waals surface area contributed by atoms with Crippen molar-refractivity contribution in [2.24, 2.45) is 5.92 Å². The van der Waals surface area contributed by atoms with E-state index in [9.17, 15) is 10.4 Å². The highest BCUT2D eigenvalue weighted by atomic mass is 16.3. The number of nitrogens with zero attached hydrogens (tertiary/aromatic N) is 3. The van der Waals surface area contributed by atoms with Gasteiger partial charge in [-0.15, -0.1) is 0 Å². The van der Waals surface area contributed by atoms with Crippen LogP contribution in [0.3, 0.4) is 0 Å². The zero-order valence-electron chi connectivity index (χ0n) is 11.0. The molecule has 2 aliphatic rings. The highest BCUT2D eigenvalue weighted by Gasteiger charge is 2.43. The lowest BCUT2D eigenvalue weighted by Crippen LogP contribution is -2.53. The van der Waals surface area contributed by atoms with Crippen molar-refractivity contribution in [1.29, 1.82) is 5.26 Å². The molecule has 1 aromatic heterocycles. The fraction of sp³-hybridized carbons (Fsp3) is 0.600. The summed E-state index contributed by atoms with van der Waals surface area (Å²) in [6.45, 7) is 1.66. The number of aliphatic hydroxyl groups is 1. The molecule has 1 saturated carbocycles. The van der Waals surface area contributed by atoms with Gasteiger partial charge in [-0.2, -0.15) is 5.26 Å². The van der Waals surface area contributed by atoms with Crippen LogP contribution in [0.1, 0.15) is 37.7 Å². The standard InChI is InChI=1S/C15H19N3O/c16-9-12-4-7-17-10-14(12)18-8-6-15(19)5-2-1-3-13(15)11-18/h4,7,10,13,19H,1-3,5-6,8,11H2. The van der Waals surface area contributed by atoms with Crippen LogP contribution in [0.2, 0.25) is 0 Å². The molecule has 4 heteroatoms. The number of hydrogen-bond donors (Lipinski definition) is 1. The van der Waals surface area contributed by atoms with E-state index in [1.807, 2.05) is 0 Å². The Bertz CT molecular complexity index is 510. The van der Waals surface area contributed by atoms with Crippen molar-refractivity contribution in [3.63, 3.8) is 0 Å². The first kappa shape index (κ1) is 12.4. The van der Waals surface area contributed by atoms with Crippen LogP contribution in [0.15, 0.2) is 18.5 Å². The van der Waals surface area contributed by atoms with E-state index in [0.29, 0.717) is 11.5 Å². The Morgan fingerprint density at radius 1 is 1.42 bits per heavy atom. The molecule has 1 saturated heterocycles. The summed E-state index contributed by atoms with van der Waals surface area (Å²) in [6, 6.07) is 3.99. The molecule has 2 unspecified atom stereocenters. The van der Waals surface area contributed by atoms with Crippen molar-refractivity contribution in [2.45, 2.75) is 37.7 Å². The van der Waals surface area contributed by atoms with E-state index in [1.165, 1.54) is 6.42 Å². The molecular formula is C15H19N3O. The maximum atomic E-state index is 10.7. The van der Waals surface area contributed by atoms with Crippen molar-refractivity contribution in [3.8, 4) is 6.07 Å². The summed E-state index contributed by atoms with van der Waals surface area (Å²) in [6.07, 6.45) is 8.60. The molecule has 0 bridgehead atoms.